The Bertz CT molecular complexity index is 764. The van der Waals surface area contributed by atoms with Crippen LogP contribution < -0.4 is 5.73 Å². The lowest BCUT2D eigenvalue weighted by Crippen LogP contribution is -2.38. The van der Waals surface area contributed by atoms with E-state index in [-0.39, 0.29) is 30.6 Å². The van der Waals surface area contributed by atoms with Gasteiger partial charge in [0.2, 0.25) is 0 Å². The molecule has 1 aromatic carbocycles. The fraction of sp³-hybridized carbons (Fsp3) is 0.421. The van der Waals surface area contributed by atoms with Crippen molar-refractivity contribution in [2.75, 3.05) is 0 Å². The monoisotopic (exact) mass is 366 g/mol. The smallest absolute Gasteiger partial charge is 0.416 e. The van der Waals surface area contributed by atoms with E-state index < -0.39 is 11.7 Å². The molecule has 0 aliphatic heterocycles. The third-order valence-corrected chi connectivity index (χ3v) is 4.79. The lowest BCUT2D eigenvalue weighted by Gasteiger charge is -2.30. The van der Waals surface area contributed by atoms with Gasteiger partial charge in [0.1, 0.15) is 12.0 Å². The molecule has 3 rings (SSSR count). The standard InChI is InChI=1S/C19H21F3N2O2/c20-19(21,22)17-8-4-1-5-13(17)11-24(15-6-2-3-7-15)18(25)14-9-16(10-23)26-12-14/h1,4-5,8-9,12,15H,2-3,6-7,10-11,23H2. The first-order valence-electron chi connectivity index (χ1n) is 8.63. The molecule has 1 saturated carbocycles. The second-order valence-corrected chi connectivity index (χ2v) is 6.53. The predicted octanol–water partition coefficient (Wildman–Crippen LogP) is 4.34. The van der Waals surface area contributed by atoms with Crippen molar-refractivity contribution in [3.05, 3.63) is 59.0 Å². The number of hydrogen-bond donors (Lipinski definition) is 1. The lowest BCUT2D eigenvalue weighted by molar-refractivity contribution is -0.138. The molecule has 7 heteroatoms. The normalized spacial score (nSPS) is 15.4. The number of carbonyl (C=O) groups is 1. The van der Waals surface area contributed by atoms with Gasteiger partial charge >= 0.3 is 6.18 Å². The molecule has 1 amide bonds. The summed E-state index contributed by atoms with van der Waals surface area (Å²) < 4.78 is 45.2. The van der Waals surface area contributed by atoms with E-state index in [0.29, 0.717) is 11.3 Å². The number of nitrogens with two attached hydrogens (primary N) is 1. The molecular weight excluding hydrogens is 345 g/mol. The minimum absolute atomic E-state index is 0.0694. The van der Waals surface area contributed by atoms with Gasteiger partial charge in [-0.1, -0.05) is 31.0 Å². The second-order valence-electron chi connectivity index (χ2n) is 6.53. The van der Waals surface area contributed by atoms with Gasteiger partial charge < -0.3 is 15.1 Å². The Morgan fingerprint density at radius 1 is 1.23 bits per heavy atom. The van der Waals surface area contributed by atoms with E-state index in [4.69, 9.17) is 10.2 Å². The number of alkyl halides is 3. The summed E-state index contributed by atoms with van der Waals surface area (Å²) in [5, 5.41) is 0. The molecule has 4 nitrogen and oxygen atoms in total. The van der Waals surface area contributed by atoms with Crippen LogP contribution in [-0.4, -0.2) is 16.8 Å². The van der Waals surface area contributed by atoms with Crippen LogP contribution in [0, 0.1) is 0 Å². The molecule has 2 N–H and O–H groups in total. The summed E-state index contributed by atoms with van der Waals surface area (Å²) in [7, 11) is 0. The predicted molar refractivity (Wildman–Crippen MR) is 90.2 cm³/mol. The van der Waals surface area contributed by atoms with Crippen LogP contribution in [0.25, 0.3) is 0 Å². The second kappa shape index (κ2) is 7.53. The molecule has 26 heavy (non-hydrogen) atoms. The first-order valence-corrected chi connectivity index (χ1v) is 8.63. The molecule has 1 aromatic heterocycles. The Morgan fingerprint density at radius 2 is 1.92 bits per heavy atom. The van der Waals surface area contributed by atoms with Crippen molar-refractivity contribution in [1.82, 2.24) is 4.90 Å². The van der Waals surface area contributed by atoms with Crippen molar-refractivity contribution in [2.24, 2.45) is 5.73 Å². The third-order valence-electron chi connectivity index (χ3n) is 4.79. The van der Waals surface area contributed by atoms with Gasteiger partial charge in [0.15, 0.2) is 0 Å². The molecule has 140 valence electrons. The maximum Gasteiger partial charge on any atom is 0.416 e. The van der Waals surface area contributed by atoms with E-state index in [2.05, 4.69) is 0 Å². The average Bonchev–Trinajstić information content (AvgIpc) is 3.30. The van der Waals surface area contributed by atoms with Crippen LogP contribution in [0.4, 0.5) is 13.2 Å². The van der Waals surface area contributed by atoms with Gasteiger partial charge in [-0.3, -0.25) is 4.79 Å². The molecule has 0 unspecified atom stereocenters. The molecule has 1 heterocycles. The number of hydrogen-bond acceptors (Lipinski definition) is 3. The summed E-state index contributed by atoms with van der Waals surface area (Å²) in [5.74, 6) is 0.146. The Labute approximate surface area is 149 Å². The van der Waals surface area contributed by atoms with Crippen LogP contribution in [0.5, 0.6) is 0 Å². The van der Waals surface area contributed by atoms with E-state index >= 15 is 0 Å². The molecular formula is C19H21F3N2O2. The topological polar surface area (TPSA) is 59.5 Å². The number of carbonyl (C=O) groups excluding carboxylic acids is 1. The van der Waals surface area contributed by atoms with Gasteiger partial charge in [-0.2, -0.15) is 13.2 Å². The minimum atomic E-state index is -4.46. The van der Waals surface area contributed by atoms with Crippen LogP contribution >= 0.6 is 0 Å². The highest BCUT2D eigenvalue weighted by atomic mass is 19.4. The van der Waals surface area contributed by atoms with Gasteiger partial charge in [-0.05, 0) is 30.5 Å². The van der Waals surface area contributed by atoms with Crippen molar-refractivity contribution in [3.63, 3.8) is 0 Å². The fourth-order valence-electron chi connectivity index (χ4n) is 3.47. The van der Waals surface area contributed by atoms with Crippen molar-refractivity contribution < 1.29 is 22.4 Å². The molecule has 0 spiro atoms. The Hall–Kier alpha value is -2.28. The van der Waals surface area contributed by atoms with Gasteiger partial charge in [0.25, 0.3) is 5.91 Å². The molecule has 1 aliphatic rings. The molecule has 1 aliphatic carbocycles. The third kappa shape index (κ3) is 3.93. The SMILES string of the molecule is NCc1cc(C(=O)N(Cc2ccccc2C(F)(F)F)C2CCCC2)co1. The van der Waals surface area contributed by atoms with Crippen LogP contribution in [0.15, 0.2) is 41.0 Å². The van der Waals surface area contributed by atoms with Gasteiger partial charge in [0.05, 0.1) is 17.7 Å². The maximum atomic E-state index is 13.3. The largest absolute Gasteiger partial charge is 0.467 e. The van der Waals surface area contributed by atoms with Crippen LogP contribution in [0.1, 0.15) is 52.9 Å². The highest BCUT2D eigenvalue weighted by Crippen LogP contribution is 2.34. The van der Waals surface area contributed by atoms with Gasteiger partial charge in [-0.25, -0.2) is 0 Å². The number of rotatable bonds is 5. The first-order chi connectivity index (χ1) is 12.4. The van der Waals surface area contributed by atoms with E-state index in [9.17, 15) is 18.0 Å². The van der Waals surface area contributed by atoms with E-state index in [0.717, 1.165) is 31.7 Å². The van der Waals surface area contributed by atoms with Crippen molar-refractivity contribution in [2.45, 2.75) is 51.0 Å². The fourth-order valence-corrected chi connectivity index (χ4v) is 3.47. The zero-order valence-corrected chi connectivity index (χ0v) is 14.3. The molecule has 2 aromatic rings. The summed E-state index contributed by atoms with van der Waals surface area (Å²) in [5.41, 5.74) is 5.23. The number of benzene rings is 1. The first kappa shape index (κ1) is 18.5. The quantitative estimate of drug-likeness (QED) is 0.856. The Balaban J connectivity index is 1.91. The van der Waals surface area contributed by atoms with Gasteiger partial charge in [0, 0.05) is 12.6 Å². The number of amides is 1. The maximum absolute atomic E-state index is 13.3. The van der Waals surface area contributed by atoms with E-state index in [1.165, 1.54) is 18.4 Å². The van der Waals surface area contributed by atoms with Crippen LogP contribution in [0.2, 0.25) is 0 Å². The van der Waals surface area contributed by atoms with E-state index in [1.807, 2.05) is 0 Å². The molecule has 0 bridgehead atoms. The van der Waals surface area contributed by atoms with Crippen molar-refractivity contribution in [3.8, 4) is 0 Å². The summed E-state index contributed by atoms with van der Waals surface area (Å²) in [6.45, 7) is 0.0793. The number of furan rings is 1. The molecule has 0 saturated heterocycles. The Kier molecular flexibility index (Phi) is 5.36. The minimum Gasteiger partial charge on any atom is -0.467 e. The van der Waals surface area contributed by atoms with E-state index in [1.54, 1.807) is 17.0 Å². The number of nitrogens with zero attached hydrogens (tertiary/aromatic N) is 1. The average molecular weight is 366 g/mol. The van der Waals surface area contributed by atoms with Crippen LogP contribution in [-0.2, 0) is 19.3 Å². The van der Waals surface area contributed by atoms with Crippen molar-refractivity contribution in [1.29, 1.82) is 0 Å². The van der Waals surface area contributed by atoms with Crippen LogP contribution in [0.3, 0.4) is 0 Å². The van der Waals surface area contributed by atoms with Crippen molar-refractivity contribution >= 4 is 5.91 Å². The zero-order valence-electron chi connectivity index (χ0n) is 14.3. The molecule has 0 radical (unpaired) electrons. The molecule has 0 atom stereocenters. The summed E-state index contributed by atoms with van der Waals surface area (Å²) in [6, 6.07) is 6.89. The highest BCUT2D eigenvalue weighted by Gasteiger charge is 2.35. The van der Waals surface area contributed by atoms with Gasteiger partial charge in [-0.15, -0.1) is 0 Å². The summed E-state index contributed by atoms with van der Waals surface area (Å²) in [4.78, 5) is 14.5. The Morgan fingerprint density at radius 3 is 2.54 bits per heavy atom. The zero-order chi connectivity index (χ0) is 18.7. The lowest BCUT2D eigenvalue weighted by atomic mass is 10.0. The molecule has 1 fully saturated rings. The summed E-state index contributed by atoms with van der Waals surface area (Å²) in [6.07, 6.45) is 0.387. The summed E-state index contributed by atoms with van der Waals surface area (Å²) >= 11 is 0. The highest BCUT2D eigenvalue weighted by molar-refractivity contribution is 5.94. The number of halogens is 3.